The summed E-state index contributed by atoms with van der Waals surface area (Å²) in [7, 11) is -1.31. The van der Waals surface area contributed by atoms with Gasteiger partial charge < -0.3 is 0 Å². The summed E-state index contributed by atoms with van der Waals surface area (Å²) in [6.45, 7) is 7.16. The van der Waals surface area contributed by atoms with Crippen molar-refractivity contribution in [2.24, 2.45) is 11.3 Å². The summed E-state index contributed by atoms with van der Waals surface area (Å²) in [5.74, 6) is 1.10. The minimum absolute atomic E-state index is 0.167. The molecule has 0 aromatic heterocycles. The molecule has 2 saturated carbocycles. The summed E-state index contributed by atoms with van der Waals surface area (Å²) in [6, 6.07) is 10.7. The van der Waals surface area contributed by atoms with E-state index in [1.165, 1.54) is 24.0 Å². The molecule has 0 amide bonds. The maximum absolute atomic E-state index is 13.1. The van der Waals surface area contributed by atoms with E-state index >= 15 is 0 Å². The maximum Gasteiger partial charge on any atom is 0.143 e. The van der Waals surface area contributed by atoms with Gasteiger partial charge in [-0.25, -0.2) is 0 Å². The van der Waals surface area contributed by atoms with Crippen LogP contribution in [-0.4, -0.2) is 13.9 Å². The van der Waals surface area contributed by atoms with Crippen molar-refractivity contribution < 1.29 is 4.79 Å². The van der Waals surface area contributed by atoms with Crippen LogP contribution >= 0.6 is 0 Å². The van der Waals surface area contributed by atoms with Crippen molar-refractivity contribution in [1.82, 2.24) is 0 Å². The van der Waals surface area contributed by atoms with Gasteiger partial charge in [0.25, 0.3) is 0 Å². The summed E-state index contributed by atoms with van der Waals surface area (Å²) in [5.41, 5.74) is 5.19. The van der Waals surface area contributed by atoms with Gasteiger partial charge >= 0.3 is 0 Å². The fourth-order valence-corrected chi connectivity index (χ4v) is 6.04. The van der Waals surface area contributed by atoms with Crippen LogP contribution < -0.4 is 0 Å². The number of benzene rings is 1. The number of Topliss-reactive ketones (excluding diaryl/α,β-unsaturated/α-hetero) is 1. The Labute approximate surface area is 135 Å². The van der Waals surface area contributed by atoms with Crippen LogP contribution in [0.2, 0.25) is 19.6 Å². The lowest BCUT2D eigenvalue weighted by Crippen LogP contribution is -2.42. The number of hydrogen-bond acceptors (Lipinski definition) is 1. The van der Waals surface area contributed by atoms with Crippen LogP contribution in [0.4, 0.5) is 0 Å². The monoisotopic (exact) mass is 312 g/mol. The van der Waals surface area contributed by atoms with Gasteiger partial charge in [-0.05, 0) is 43.6 Å². The van der Waals surface area contributed by atoms with Crippen LogP contribution in [0, 0.1) is 11.3 Å². The summed E-state index contributed by atoms with van der Waals surface area (Å²) >= 11 is 0. The molecule has 0 heterocycles. The van der Waals surface area contributed by atoms with Crippen LogP contribution in [0.25, 0.3) is 0 Å². The quantitative estimate of drug-likeness (QED) is 0.703. The van der Waals surface area contributed by atoms with Crippen molar-refractivity contribution in [1.29, 1.82) is 0 Å². The van der Waals surface area contributed by atoms with Crippen molar-refractivity contribution >= 4 is 13.9 Å². The molecule has 0 radical (unpaired) electrons. The fraction of sp³-hybridized carbons (Fsp3) is 0.550. The average molecular weight is 313 g/mol. The Morgan fingerprint density at radius 3 is 2.55 bits per heavy atom. The van der Waals surface area contributed by atoms with Crippen LogP contribution in [0.3, 0.4) is 0 Å². The third-order valence-corrected chi connectivity index (χ3v) is 6.63. The van der Waals surface area contributed by atoms with Crippen molar-refractivity contribution in [3.05, 3.63) is 47.2 Å². The highest BCUT2D eigenvalue weighted by Crippen LogP contribution is 2.55. The number of allylic oxidation sites excluding steroid dienone is 1. The number of ketones is 1. The molecule has 1 aromatic carbocycles. The Bertz CT molecular complexity index is 581. The topological polar surface area (TPSA) is 17.1 Å². The lowest BCUT2D eigenvalue weighted by atomic mass is 9.63. The molecule has 0 unspecified atom stereocenters. The largest absolute Gasteiger partial charge is 0.299 e. The van der Waals surface area contributed by atoms with E-state index < -0.39 is 8.07 Å². The second kappa shape index (κ2) is 5.81. The van der Waals surface area contributed by atoms with Crippen LogP contribution in [0.1, 0.15) is 37.7 Å². The summed E-state index contributed by atoms with van der Waals surface area (Å²) in [4.78, 5) is 13.1. The second-order valence-corrected chi connectivity index (χ2v) is 13.2. The fourth-order valence-electron chi connectivity index (χ4n) is 4.59. The Hall–Kier alpha value is -1.15. The molecule has 2 heteroatoms. The summed E-state index contributed by atoms with van der Waals surface area (Å²) < 4.78 is 0. The summed E-state index contributed by atoms with van der Waals surface area (Å²) in [5, 5.41) is 0. The van der Waals surface area contributed by atoms with Crippen molar-refractivity contribution in [2.75, 3.05) is 0 Å². The molecule has 0 spiro atoms. The first-order valence-corrected chi connectivity index (χ1v) is 12.3. The maximum atomic E-state index is 13.1. The molecule has 2 aliphatic carbocycles. The van der Waals surface area contributed by atoms with E-state index in [1.54, 1.807) is 0 Å². The SMILES string of the molecule is C[Si](C)(C)/C=C1\CC[C@H]2CCCC(=O)[C@@]12Cc1ccccc1. The molecule has 1 aromatic rings. The van der Waals surface area contributed by atoms with Gasteiger partial charge in [0.2, 0.25) is 0 Å². The first kappa shape index (κ1) is 15.7. The minimum Gasteiger partial charge on any atom is -0.299 e. The normalized spacial score (nSPS) is 30.6. The number of rotatable bonds is 3. The number of carbonyl (C=O) groups is 1. The zero-order chi connectivity index (χ0) is 15.8. The van der Waals surface area contributed by atoms with Crippen LogP contribution in [0.5, 0.6) is 0 Å². The standard InChI is InChI=1S/C20H28OSi/c1-22(2,3)15-18-13-12-17-10-7-11-19(21)20(17,18)14-16-8-5-4-6-9-16/h4-6,8-9,15,17H,7,10-14H2,1-3H3/b18-15+/t17-,20-/m1/s1. The van der Waals surface area contributed by atoms with E-state index in [9.17, 15) is 4.79 Å². The molecule has 3 rings (SSSR count). The first-order valence-electron chi connectivity index (χ1n) is 8.71. The Morgan fingerprint density at radius 1 is 1.14 bits per heavy atom. The van der Waals surface area contributed by atoms with Crippen LogP contribution in [0.15, 0.2) is 41.6 Å². The Morgan fingerprint density at radius 2 is 1.86 bits per heavy atom. The number of carbonyl (C=O) groups excluding carboxylic acids is 1. The summed E-state index contributed by atoms with van der Waals surface area (Å²) in [6.07, 6.45) is 6.41. The third-order valence-electron chi connectivity index (χ3n) is 5.42. The molecule has 1 nitrogen and oxygen atoms in total. The van der Waals surface area contributed by atoms with Gasteiger partial charge in [-0.15, -0.1) is 0 Å². The lowest BCUT2D eigenvalue weighted by Gasteiger charge is -2.40. The van der Waals surface area contributed by atoms with Crippen LogP contribution in [-0.2, 0) is 11.2 Å². The highest BCUT2D eigenvalue weighted by atomic mass is 28.3. The van der Waals surface area contributed by atoms with Gasteiger partial charge in [0.15, 0.2) is 0 Å². The van der Waals surface area contributed by atoms with Gasteiger partial charge in [0.1, 0.15) is 5.78 Å². The van der Waals surface area contributed by atoms with Gasteiger partial charge in [0, 0.05) is 6.42 Å². The zero-order valence-electron chi connectivity index (χ0n) is 14.2. The predicted octanol–water partition coefficient (Wildman–Crippen LogP) is 5.18. The molecular formula is C20H28OSi. The van der Waals surface area contributed by atoms with E-state index in [0.29, 0.717) is 11.7 Å². The predicted molar refractivity (Wildman–Crippen MR) is 95.6 cm³/mol. The smallest absolute Gasteiger partial charge is 0.143 e. The molecule has 0 bridgehead atoms. The highest BCUT2D eigenvalue weighted by Gasteiger charge is 2.53. The second-order valence-electron chi connectivity index (χ2n) is 8.22. The van der Waals surface area contributed by atoms with E-state index in [-0.39, 0.29) is 5.41 Å². The van der Waals surface area contributed by atoms with E-state index in [1.807, 2.05) is 0 Å². The van der Waals surface area contributed by atoms with E-state index in [4.69, 9.17) is 0 Å². The first-order chi connectivity index (χ1) is 10.4. The lowest BCUT2D eigenvalue weighted by molar-refractivity contribution is -0.131. The molecule has 2 atom stereocenters. The molecule has 0 aliphatic heterocycles. The van der Waals surface area contributed by atoms with Crippen molar-refractivity contribution in [3.63, 3.8) is 0 Å². The van der Waals surface area contributed by atoms with Gasteiger partial charge in [-0.1, -0.05) is 61.2 Å². The van der Waals surface area contributed by atoms with Gasteiger partial charge in [-0.2, -0.15) is 0 Å². The number of hydrogen-bond donors (Lipinski definition) is 0. The van der Waals surface area contributed by atoms with Crippen molar-refractivity contribution in [3.8, 4) is 0 Å². The Balaban J connectivity index is 2.05. The Kier molecular flexibility index (Phi) is 4.15. The van der Waals surface area contributed by atoms with E-state index in [2.05, 4.69) is 55.7 Å². The number of fused-ring (bicyclic) bond motifs is 1. The van der Waals surface area contributed by atoms with Gasteiger partial charge in [0.05, 0.1) is 13.5 Å². The van der Waals surface area contributed by atoms with Gasteiger partial charge in [-0.3, -0.25) is 4.79 Å². The highest BCUT2D eigenvalue weighted by molar-refractivity contribution is 6.81. The zero-order valence-corrected chi connectivity index (χ0v) is 15.2. The molecule has 118 valence electrons. The molecule has 2 aliphatic rings. The van der Waals surface area contributed by atoms with E-state index in [0.717, 1.165) is 25.7 Å². The molecule has 0 N–H and O–H groups in total. The molecular weight excluding hydrogens is 284 g/mol. The minimum atomic E-state index is -1.31. The molecule has 0 saturated heterocycles. The third kappa shape index (κ3) is 2.86. The molecule has 2 fully saturated rings. The average Bonchev–Trinajstić information content (AvgIpc) is 2.79. The van der Waals surface area contributed by atoms with Crippen molar-refractivity contribution in [2.45, 2.75) is 58.2 Å². The molecule has 22 heavy (non-hydrogen) atoms.